The Morgan fingerprint density at radius 2 is 2.05 bits per heavy atom. The van der Waals surface area contributed by atoms with E-state index in [1.165, 1.54) is 0 Å². The van der Waals surface area contributed by atoms with Crippen LogP contribution in [0.2, 0.25) is 5.02 Å². The van der Waals surface area contributed by atoms with Crippen LogP contribution in [-0.4, -0.2) is 5.91 Å². The van der Waals surface area contributed by atoms with E-state index < -0.39 is 5.41 Å². The van der Waals surface area contributed by atoms with Gasteiger partial charge in [0.15, 0.2) is 0 Å². The van der Waals surface area contributed by atoms with Gasteiger partial charge < -0.3 is 5.32 Å². The zero-order chi connectivity index (χ0) is 13.9. The van der Waals surface area contributed by atoms with Crippen molar-refractivity contribution in [2.24, 2.45) is 5.41 Å². The van der Waals surface area contributed by atoms with Gasteiger partial charge in [-0.25, -0.2) is 0 Å². The zero-order valence-electron chi connectivity index (χ0n) is 10.4. The molecule has 100 valence electrons. The maximum absolute atomic E-state index is 12.4. The lowest BCUT2D eigenvalue weighted by molar-refractivity contribution is -0.124. The minimum Gasteiger partial charge on any atom is -0.324 e. The fourth-order valence-corrected chi connectivity index (χ4v) is 2.93. The quantitative estimate of drug-likeness (QED) is 0.860. The van der Waals surface area contributed by atoms with E-state index in [0.717, 1.165) is 19.3 Å². The highest BCUT2D eigenvalue weighted by atomic mass is 79.9. The summed E-state index contributed by atoms with van der Waals surface area (Å²) in [7, 11) is 0. The predicted octanol–water partition coefficient (Wildman–Crippen LogP) is 4.52. The molecule has 1 aliphatic rings. The Balaban J connectivity index is 2.20. The van der Waals surface area contributed by atoms with Crippen LogP contribution in [0, 0.1) is 16.7 Å². The number of nitrogens with one attached hydrogen (secondary N) is 1. The Morgan fingerprint density at radius 1 is 1.37 bits per heavy atom. The highest BCUT2D eigenvalue weighted by molar-refractivity contribution is 9.10. The van der Waals surface area contributed by atoms with Crippen LogP contribution in [-0.2, 0) is 4.79 Å². The number of amides is 1. The van der Waals surface area contributed by atoms with Gasteiger partial charge in [0.05, 0.1) is 21.3 Å². The average Bonchev–Trinajstić information content (AvgIpc) is 2.44. The molecule has 5 heteroatoms. The number of anilines is 1. The average molecular weight is 342 g/mol. The highest BCUT2D eigenvalue weighted by Crippen LogP contribution is 2.38. The smallest absolute Gasteiger partial charge is 0.244 e. The molecule has 1 N–H and O–H groups in total. The standard InChI is InChI=1S/C14H14BrClN2O/c15-12-10(16)5-4-6-11(12)18-13(19)14(9-17)7-2-1-3-8-14/h4-6H,1-3,7-8H2,(H,18,19). The summed E-state index contributed by atoms with van der Waals surface area (Å²) in [4.78, 5) is 12.4. The largest absolute Gasteiger partial charge is 0.324 e. The van der Waals surface area contributed by atoms with Crippen molar-refractivity contribution in [2.45, 2.75) is 32.1 Å². The minimum atomic E-state index is -0.889. The summed E-state index contributed by atoms with van der Waals surface area (Å²) >= 11 is 9.33. The second-order valence-electron chi connectivity index (χ2n) is 4.81. The van der Waals surface area contributed by atoms with Crippen LogP contribution < -0.4 is 5.32 Å². The molecule has 0 atom stereocenters. The van der Waals surface area contributed by atoms with Gasteiger partial charge >= 0.3 is 0 Å². The van der Waals surface area contributed by atoms with Crippen molar-refractivity contribution < 1.29 is 4.79 Å². The van der Waals surface area contributed by atoms with Gasteiger partial charge in [0.25, 0.3) is 0 Å². The first kappa shape index (κ1) is 14.4. The second-order valence-corrected chi connectivity index (χ2v) is 6.01. The number of rotatable bonds is 2. The Bertz CT molecular complexity index is 533. The highest BCUT2D eigenvalue weighted by Gasteiger charge is 2.40. The number of carbonyl (C=O) groups is 1. The summed E-state index contributed by atoms with van der Waals surface area (Å²) in [6, 6.07) is 7.48. The Labute approximate surface area is 126 Å². The number of halogens is 2. The molecule has 19 heavy (non-hydrogen) atoms. The van der Waals surface area contributed by atoms with Gasteiger partial charge in [0.1, 0.15) is 5.41 Å². The Hall–Kier alpha value is -1.05. The summed E-state index contributed by atoms with van der Waals surface area (Å²) < 4.78 is 0.647. The van der Waals surface area contributed by atoms with Gasteiger partial charge in [-0.15, -0.1) is 0 Å². The van der Waals surface area contributed by atoms with E-state index in [2.05, 4.69) is 27.3 Å². The molecule has 0 heterocycles. The monoisotopic (exact) mass is 340 g/mol. The van der Waals surface area contributed by atoms with Crippen molar-refractivity contribution >= 4 is 39.1 Å². The van der Waals surface area contributed by atoms with E-state index in [9.17, 15) is 10.1 Å². The number of carbonyl (C=O) groups excluding carboxylic acids is 1. The van der Waals surface area contributed by atoms with Crippen LogP contribution in [0.4, 0.5) is 5.69 Å². The van der Waals surface area contributed by atoms with E-state index in [1.807, 2.05) is 0 Å². The molecule has 0 bridgehead atoms. The molecule has 0 aromatic heterocycles. The Kier molecular flexibility index (Phi) is 4.49. The number of benzene rings is 1. The van der Waals surface area contributed by atoms with E-state index in [-0.39, 0.29) is 5.91 Å². The lowest BCUT2D eigenvalue weighted by atomic mass is 9.74. The van der Waals surface area contributed by atoms with Gasteiger partial charge in [-0.3, -0.25) is 4.79 Å². The molecular weight excluding hydrogens is 328 g/mol. The van der Waals surface area contributed by atoms with E-state index >= 15 is 0 Å². The van der Waals surface area contributed by atoms with Gasteiger partial charge in [0, 0.05) is 0 Å². The van der Waals surface area contributed by atoms with E-state index in [4.69, 9.17) is 11.6 Å². The molecule has 1 saturated carbocycles. The maximum Gasteiger partial charge on any atom is 0.244 e. The fraction of sp³-hybridized carbons (Fsp3) is 0.429. The van der Waals surface area contributed by atoms with Crippen molar-refractivity contribution in [2.75, 3.05) is 5.32 Å². The first-order valence-corrected chi connectivity index (χ1v) is 7.43. The van der Waals surface area contributed by atoms with Crippen LogP contribution in [0.5, 0.6) is 0 Å². The van der Waals surface area contributed by atoms with Crippen molar-refractivity contribution in [3.05, 3.63) is 27.7 Å². The number of hydrogen-bond acceptors (Lipinski definition) is 2. The van der Waals surface area contributed by atoms with Crippen molar-refractivity contribution in [1.29, 1.82) is 5.26 Å². The summed E-state index contributed by atoms with van der Waals surface area (Å²) in [5.41, 5.74) is -0.280. The topological polar surface area (TPSA) is 52.9 Å². The molecule has 0 saturated heterocycles. The van der Waals surface area contributed by atoms with Crippen LogP contribution in [0.1, 0.15) is 32.1 Å². The molecule has 0 spiro atoms. The maximum atomic E-state index is 12.4. The second kappa shape index (κ2) is 5.94. The molecule has 0 radical (unpaired) electrons. The van der Waals surface area contributed by atoms with Gasteiger partial charge in [0.2, 0.25) is 5.91 Å². The summed E-state index contributed by atoms with van der Waals surface area (Å²) in [5.74, 6) is -0.224. The first-order chi connectivity index (χ1) is 9.09. The van der Waals surface area contributed by atoms with Crippen LogP contribution in [0.3, 0.4) is 0 Å². The molecule has 1 aromatic rings. The zero-order valence-corrected chi connectivity index (χ0v) is 12.7. The summed E-state index contributed by atoms with van der Waals surface area (Å²) in [6.07, 6.45) is 4.22. The van der Waals surface area contributed by atoms with Gasteiger partial charge in [-0.05, 0) is 40.9 Å². The lowest BCUT2D eigenvalue weighted by Crippen LogP contribution is -2.36. The Morgan fingerprint density at radius 3 is 2.68 bits per heavy atom. The number of nitrogens with zero attached hydrogens (tertiary/aromatic N) is 1. The van der Waals surface area contributed by atoms with Gasteiger partial charge in [-0.2, -0.15) is 5.26 Å². The van der Waals surface area contributed by atoms with Crippen LogP contribution in [0.15, 0.2) is 22.7 Å². The molecule has 0 unspecified atom stereocenters. The first-order valence-electron chi connectivity index (χ1n) is 6.26. The van der Waals surface area contributed by atoms with Crippen molar-refractivity contribution in [1.82, 2.24) is 0 Å². The molecular formula is C14H14BrClN2O. The molecule has 1 aliphatic carbocycles. The predicted molar refractivity (Wildman–Crippen MR) is 78.9 cm³/mol. The third-order valence-electron chi connectivity index (χ3n) is 3.56. The SMILES string of the molecule is N#CC1(C(=O)Nc2cccc(Cl)c2Br)CCCCC1. The summed E-state index contributed by atoms with van der Waals surface area (Å²) in [5, 5.41) is 12.7. The molecule has 2 rings (SSSR count). The third-order valence-corrected chi connectivity index (χ3v) is 4.95. The molecule has 3 nitrogen and oxygen atoms in total. The van der Waals surface area contributed by atoms with Crippen LogP contribution >= 0.6 is 27.5 Å². The lowest BCUT2D eigenvalue weighted by Gasteiger charge is -2.29. The molecule has 1 amide bonds. The minimum absolute atomic E-state index is 0.224. The number of hydrogen-bond donors (Lipinski definition) is 1. The van der Waals surface area contributed by atoms with Gasteiger partial charge in [-0.1, -0.05) is 36.9 Å². The van der Waals surface area contributed by atoms with Crippen LogP contribution in [0.25, 0.3) is 0 Å². The number of nitriles is 1. The van der Waals surface area contributed by atoms with E-state index in [0.29, 0.717) is 28.0 Å². The third kappa shape index (κ3) is 2.93. The van der Waals surface area contributed by atoms with E-state index in [1.54, 1.807) is 18.2 Å². The molecule has 1 fully saturated rings. The normalized spacial score (nSPS) is 17.5. The molecule has 0 aliphatic heterocycles. The molecule has 1 aromatic carbocycles. The van der Waals surface area contributed by atoms with Crippen molar-refractivity contribution in [3.63, 3.8) is 0 Å². The van der Waals surface area contributed by atoms with Crippen molar-refractivity contribution in [3.8, 4) is 6.07 Å². The summed E-state index contributed by atoms with van der Waals surface area (Å²) in [6.45, 7) is 0. The fourth-order valence-electron chi connectivity index (χ4n) is 2.39.